The number of hydrogen-bond acceptors (Lipinski definition) is 3. The molecular formula is C23H27ClFN3O. The van der Waals surface area contributed by atoms with Crippen LogP contribution in [0.1, 0.15) is 18.4 Å². The lowest BCUT2D eigenvalue weighted by Gasteiger charge is -2.39. The van der Waals surface area contributed by atoms with Crippen LogP contribution in [0, 0.1) is 11.7 Å². The summed E-state index contributed by atoms with van der Waals surface area (Å²) >= 11 is 6.10. The first kappa shape index (κ1) is 20.2. The standard InChI is InChI=1S/C23H27ClFN3O/c24-20-2-1-3-22(16-20)27-12-14-28(15-13-27)23(29)19-8-10-26(11-9-19)17-18-4-6-21(25)7-5-18/h1-7,16,19H,8-15,17H2. The van der Waals surface area contributed by atoms with Gasteiger partial charge < -0.3 is 9.80 Å². The number of halogens is 2. The molecule has 29 heavy (non-hydrogen) atoms. The molecule has 0 radical (unpaired) electrons. The van der Waals surface area contributed by atoms with Crippen LogP contribution in [0.25, 0.3) is 0 Å². The predicted molar refractivity (Wildman–Crippen MR) is 115 cm³/mol. The van der Waals surface area contributed by atoms with E-state index < -0.39 is 0 Å². The summed E-state index contributed by atoms with van der Waals surface area (Å²) in [6.45, 7) is 5.86. The molecule has 0 spiro atoms. The second kappa shape index (κ2) is 9.14. The summed E-state index contributed by atoms with van der Waals surface area (Å²) in [5, 5.41) is 0.744. The Kier molecular flexibility index (Phi) is 6.36. The topological polar surface area (TPSA) is 26.8 Å². The Morgan fingerprint density at radius 3 is 2.31 bits per heavy atom. The van der Waals surface area contributed by atoms with Gasteiger partial charge in [-0.3, -0.25) is 9.69 Å². The van der Waals surface area contributed by atoms with E-state index in [0.29, 0.717) is 5.91 Å². The Labute approximate surface area is 176 Å². The molecule has 1 amide bonds. The van der Waals surface area contributed by atoms with Crippen molar-refractivity contribution in [2.24, 2.45) is 5.92 Å². The van der Waals surface area contributed by atoms with Gasteiger partial charge in [-0.25, -0.2) is 4.39 Å². The minimum atomic E-state index is -0.200. The first-order chi connectivity index (χ1) is 14.1. The lowest BCUT2D eigenvalue weighted by atomic mass is 9.94. The van der Waals surface area contributed by atoms with E-state index in [0.717, 1.165) is 74.9 Å². The normalized spacial score (nSPS) is 18.8. The van der Waals surface area contributed by atoms with E-state index in [2.05, 4.69) is 15.9 Å². The smallest absolute Gasteiger partial charge is 0.225 e. The maximum absolute atomic E-state index is 13.1. The lowest BCUT2D eigenvalue weighted by molar-refractivity contribution is -0.137. The van der Waals surface area contributed by atoms with Crippen molar-refractivity contribution < 1.29 is 9.18 Å². The molecule has 2 saturated heterocycles. The molecule has 4 rings (SSSR count). The maximum atomic E-state index is 13.1. The van der Waals surface area contributed by atoms with Crippen LogP contribution in [0.15, 0.2) is 48.5 Å². The fourth-order valence-corrected chi connectivity index (χ4v) is 4.49. The van der Waals surface area contributed by atoms with Crippen LogP contribution < -0.4 is 4.90 Å². The van der Waals surface area contributed by atoms with Gasteiger partial charge in [-0.05, 0) is 61.8 Å². The highest BCUT2D eigenvalue weighted by molar-refractivity contribution is 6.30. The number of amides is 1. The highest BCUT2D eigenvalue weighted by Crippen LogP contribution is 2.24. The first-order valence-electron chi connectivity index (χ1n) is 10.3. The number of benzene rings is 2. The van der Waals surface area contributed by atoms with Gasteiger partial charge in [0.2, 0.25) is 5.91 Å². The third-order valence-corrected chi connectivity index (χ3v) is 6.26. The summed E-state index contributed by atoms with van der Waals surface area (Å²) in [6, 6.07) is 14.6. The molecule has 0 N–H and O–H groups in total. The zero-order valence-electron chi connectivity index (χ0n) is 16.6. The van der Waals surface area contributed by atoms with Crippen molar-refractivity contribution in [3.63, 3.8) is 0 Å². The molecule has 0 aliphatic carbocycles. The monoisotopic (exact) mass is 415 g/mol. The van der Waals surface area contributed by atoms with Gasteiger partial charge in [-0.1, -0.05) is 29.8 Å². The molecule has 2 heterocycles. The molecule has 6 heteroatoms. The molecule has 2 aromatic carbocycles. The quantitative estimate of drug-likeness (QED) is 0.754. The van der Waals surface area contributed by atoms with Gasteiger partial charge in [0.15, 0.2) is 0 Å². The van der Waals surface area contributed by atoms with Crippen LogP contribution >= 0.6 is 11.6 Å². The van der Waals surface area contributed by atoms with Gasteiger partial charge >= 0.3 is 0 Å². The minimum absolute atomic E-state index is 0.122. The third-order valence-electron chi connectivity index (χ3n) is 6.02. The van der Waals surface area contributed by atoms with E-state index in [-0.39, 0.29) is 11.7 Å². The van der Waals surface area contributed by atoms with E-state index in [4.69, 9.17) is 11.6 Å². The number of carbonyl (C=O) groups is 1. The Hall–Kier alpha value is -2.11. The van der Waals surface area contributed by atoms with E-state index in [1.807, 2.05) is 35.2 Å². The van der Waals surface area contributed by atoms with E-state index >= 15 is 0 Å². The largest absolute Gasteiger partial charge is 0.368 e. The summed E-state index contributed by atoms with van der Waals surface area (Å²) in [5.41, 5.74) is 2.24. The summed E-state index contributed by atoms with van der Waals surface area (Å²) in [4.78, 5) is 19.7. The zero-order chi connectivity index (χ0) is 20.2. The molecule has 0 atom stereocenters. The molecule has 154 valence electrons. The Morgan fingerprint density at radius 1 is 0.966 bits per heavy atom. The van der Waals surface area contributed by atoms with Gasteiger partial charge in [-0.15, -0.1) is 0 Å². The summed E-state index contributed by atoms with van der Waals surface area (Å²) in [7, 11) is 0. The van der Waals surface area contributed by atoms with Crippen molar-refractivity contribution in [2.45, 2.75) is 19.4 Å². The molecule has 2 aliphatic heterocycles. The van der Waals surface area contributed by atoms with E-state index in [9.17, 15) is 9.18 Å². The van der Waals surface area contributed by atoms with Gasteiger partial charge in [0.05, 0.1) is 0 Å². The number of likely N-dealkylation sites (tertiary alicyclic amines) is 1. The molecule has 0 unspecified atom stereocenters. The Bertz CT molecular complexity index is 828. The number of piperazine rings is 1. The number of piperidine rings is 1. The lowest BCUT2D eigenvalue weighted by Crippen LogP contribution is -2.51. The van der Waals surface area contributed by atoms with E-state index in [1.54, 1.807) is 0 Å². The molecule has 0 saturated carbocycles. The van der Waals surface area contributed by atoms with Crippen LogP contribution in [-0.4, -0.2) is 55.0 Å². The molecule has 2 aromatic rings. The molecule has 0 bridgehead atoms. The van der Waals surface area contributed by atoms with Crippen molar-refractivity contribution >= 4 is 23.2 Å². The van der Waals surface area contributed by atoms with E-state index in [1.165, 1.54) is 12.1 Å². The molecule has 2 aliphatic rings. The SMILES string of the molecule is O=C(C1CCN(Cc2ccc(F)cc2)CC1)N1CCN(c2cccc(Cl)c2)CC1. The number of carbonyl (C=O) groups excluding carboxylic acids is 1. The van der Waals surface area contributed by atoms with Crippen LogP contribution in [0.3, 0.4) is 0 Å². The van der Waals surface area contributed by atoms with Crippen molar-refractivity contribution in [1.82, 2.24) is 9.80 Å². The molecule has 4 nitrogen and oxygen atoms in total. The third kappa shape index (κ3) is 5.09. The number of nitrogens with zero attached hydrogens (tertiary/aromatic N) is 3. The fourth-order valence-electron chi connectivity index (χ4n) is 4.30. The average molecular weight is 416 g/mol. The maximum Gasteiger partial charge on any atom is 0.225 e. The van der Waals surface area contributed by atoms with Gasteiger partial charge in [0, 0.05) is 49.4 Å². The fraction of sp³-hybridized carbons (Fsp3) is 0.435. The highest BCUT2D eigenvalue weighted by Gasteiger charge is 2.30. The van der Waals surface area contributed by atoms with Crippen molar-refractivity contribution in [2.75, 3.05) is 44.2 Å². The van der Waals surface area contributed by atoms with Gasteiger partial charge in [0.25, 0.3) is 0 Å². The van der Waals surface area contributed by atoms with Gasteiger partial charge in [-0.2, -0.15) is 0 Å². The number of rotatable bonds is 4. The predicted octanol–water partition coefficient (Wildman–Crippen LogP) is 4.04. The van der Waals surface area contributed by atoms with Crippen LogP contribution in [0.4, 0.5) is 10.1 Å². The number of anilines is 1. The van der Waals surface area contributed by atoms with Crippen LogP contribution in [0.5, 0.6) is 0 Å². The minimum Gasteiger partial charge on any atom is -0.368 e. The first-order valence-corrected chi connectivity index (χ1v) is 10.7. The Morgan fingerprint density at radius 2 is 1.66 bits per heavy atom. The summed E-state index contributed by atoms with van der Waals surface area (Å²) in [5.74, 6) is 0.225. The average Bonchev–Trinajstić information content (AvgIpc) is 2.75. The molecular weight excluding hydrogens is 389 g/mol. The van der Waals surface area contributed by atoms with Crippen molar-refractivity contribution in [3.8, 4) is 0 Å². The Balaban J connectivity index is 1.24. The number of hydrogen-bond donors (Lipinski definition) is 0. The van der Waals surface area contributed by atoms with Crippen molar-refractivity contribution in [3.05, 3.63) is 64.9 Å². The molecule has 2 fully saturated rings. The van der Waals surface area contributed by atoms with Crippen LogP contribution in [0.2, 0.25) is 5.02 Å². The van der Waals surface area contributed by atoms with Crippen molar-refractivity contribution in [1.29, 1.82) is 0 Å². The van der Waals surface area contributed by atoms with Crippen LogP contribution in [-0.2, 0) is 11.3 Å². The summed E-state index contributed by atoms with van der Waals surface area (Å²) < 4.78 is 13.1. The second-order valence-corrected chi connectivity index (χ2v) is 8.41. The zero-order valence-corrected chi connectivity index (χ0v) is 17.3. The summed E-state index contributed by atoms with van der Waals surface area (Å²) in [6.07, 6.45) is 1.79. The second-order valence-electron chi connectivity index (χ2n) is 7.97. The highest BCUT2D eigenvalue weighted by atomic mass is 35.5. The van der Waals surface area contributed by atoms with Gasteiger partial charge in [0.1, 0.15) is 5.82 Å². The molecule has 0 aromatic heterocycles.